The summed E-state index contributed by atoms with van der Waals surface area (Å²) in [4.78, 5) is 24.1. The number of unbranched alkanes of at least 4 members (excludes halogenated alkanes) is 2. The van der Waals surface area contributed by atoms with E-state index in [9.17, 15) is 18.0 Å². The molecule has 1 atom stereocenters. The van der Waals surface area contributed by atoms with Crippen molar-refractivity contribution in [2.24, 2.45) is 5.92 Å². The molecule has 1 N–H and O–H groups in total. The first kappa shape index (κ1) is 22.9. The van der Waals surface area contributed by atoms with Crippen LogP contribution in [0.5, 0.6) is 5.75 Å². The smallest absolute Gasteiger partial charge is 0.324 e. The van der Waals surface area contributed by atoms with Crippen LogP contribution in [0.4, 0.5) is 4.79 Å². The maximum Gasteiger partial charge on any atom is 0.324 e. The van der Waals surface area contributed by atoms with E-state index in [2.05, 4.69) is 5.32 Å². The number of urea groups is 1. The van der Waals surface area contributed by atoms with Crippen molar-refractivity contribution in [3.63, 3.8) is 0 Å². The van der Waals surface area contributed by atoms with Gasteiger partial charge >= 0.3 is 6.03 Å². The first-order valence-electron chi connectivity index (χ1n) is 10.4. The first-order chi connectivity index (χ1) is 14.2. The highest BCUT2D eigenvalue weighted by Crippen LogP contribution is 2.32. The van der Waals surface area contributed by atoms with E-state index < -0.39 is 9.84 Å². The standard InChI is InChI=1S/C21H29ClN2O5S/c1-15(17-9-18(22)11-19(10-17)29-13-16-5-6-16)14-30(27,28)8-4-2-3-7-24-12-20(25)23-21(24)26/h9-11,15-16H,2-8,12-14H2,1H3,(H,23,25,26)/t15-/m0/s1. The number of amides is 3. The van der Waals surface area contributed by atoms with Crippen molar-refractivity contribution in [2.75, 3.05) is 31.2 Å². The topological polar surface area (TPSA) is 92.8 Å². The number of ether oxygens (including phenoxy) is 1. The summed E-state index contributed by atoms with van der Waals surface area (Å²) in [6.45, 7) is 3.11. The summed E-state index contributed by atoms with van der Waals surface area (Å²) in [6.07, 6.45) is 4.28. The van der Waals surface area contributed by atoms with Gasteiger partial charge < -0.3 is 9.64 Å². The molecule has 2 fully saturated rings. The lowest BCUT2D eigenvalue weighted by molar-refractivity contribution is -0.118. The van der Waals surface area contributed by atoms with E-state index in [4.69, 9.17) is 16.3 Å². The van der Waals surface area contributed by atoms with Gasteiger partial charge in [-0.1, -0.05) is 24.9 Å². The highest BCUT2D eigenvalue weighted by atomic mass is 35.5. The number of nitrogens with zero attached hydrogens (tertiary/aromatic N) is 1. The summed E-state index contributed by atoms with van der Waals surface area (Å²) in [6, 6.07) is 5.08. The van der Waals surface area contributed by atoms with Crippen molar-refractivity contribution >= 4 is 33.4 Å². The van der Waals surface area contributed by atoms with E-state index in [0.29, 0.717) is 49.1 Å². The van der Waals surface area contributed by atoms with Crippen LogP contribution in [0, 0.1) is 5.92 Å². The van der Waals surface area contributed by atoms with Gasteiger partial charge in [-0.05, 0) is 61.3 Å². The van der Waals surface area contributed by atoms with Crippen LogP contribution in [0.25, 0.3) is 0 Å². The highest BCUT2D eigenvalue weighted by molar-refractivity contribution is 7.91. The number of nitrogens with one attached hydrogen (secondary N) is 1. The molecule has 0 spiro atoms. The molecular formula is C21H29ClN2O5S. The Hall–Kier alpha value is -1.80. The fraction of sp³-hybridized carbons (Fsp3) is 0.619. The van der Waals surface area contributed by atoms with E-state index >= 15 is 0 Å². The van der Waals surface area contributed by atoms with Gasteiger partial charge in [-0.3, -0.25) is 10.1 Å². The van der Waals surface area contributed by atoms with Gasteiger partial charge in [0.05, 0.1) is 18.1 Å². The number of hydrogen-bond acceptors (Lipinski definition) is 5. The zero-order valence-corrected chi connectivity index (χ0v) is 18.8. The number of carbonyl (C=O) groups excluding carboxylic acids is 2. The Kier molecular flexibility index (Phi) is 7.63. The minimum atomic E-state index is -3.22. The normalized spacial score (nSPS) is 17.9. The van der Waals surface area contributed by atoms with Crippen molar-refractivity contribution in [3.8, 4) is 5.75 Å². The number of imide groups is 1. The molecule has 7 nitrogen and oxygen atoms in total. The molecule has 30 heavy (non-hydrogen) atoms. The molecule has 3 rings (SSSR count). The van der Waals surface area contributed by atoms with E-state index in [-0.39, 0.29) is 35.9 Å². The van der Waals surface area contributed by atoms with Gasteiger partial charge in [0.15, 0.2) is 9.84 Å². The molecule has 1 aliphatic heterocycles. The molecule has 0 bridgehead atoms. The third kappa shape index (κ3) is 7.16. The van der Waals surface area contributed by atoms with Gasteiger partial charge in [0.2, 0.25) is 5.91 Å². The number of hydrogen-bond donors (Lipinski definition) is 1. The van der Waals surface area contributed by atoms with Gasteiger partial charge in [-0.15, -0.1) is 0 Å². The largest absolute Gasteiger partial charge is 0.493 e. The molecule has 1 aliphatic carbocycles. The zero-order valence-electron chi connectivity index (χ0n) is 17.2. The van der Waals surface area contributed by atoms with Gasteiger partial charge in [0, 0.05) is 11.6 Å². The maximum atomic E-state index is 12.5. The number of sulfone groups is 1. The molecule has 1 heterocycles. The number of carbonyl (C=O) groups is 2. The lowest BCUT2D eigenvalue weighted by Gasteiger charge is -2.15. The summed E-state index contributed by atoms with van der Waals surface area (Å²) in [5.74, 6) is 1.01. The Labute approximate surface area is 183 Å². The van der Waals surface area contributed by atoms with Gasteiger partial charge in [0.25, 0.3) is 0 Å². The van der Waals surface area contributed by atoms with Crippen LogP contribution in [0.1, 0.15) is 50.5 Å². The van der Waals surface area contributed by atoms with Gasteiger partial charge in [-0.25, -0.2) is 13.2 Å². The van der Waals surface area contributed by atoms with Crippen molar-refractivity contribution in [2.45, 2.75) is 44.9 Å². The van der Waals surface area contributed by atoms with Gasteiger partial charge in [-0.2, -0.15) is 0 Å². The number of halogens is 1. The average molecular weight is 457 g/mol. The maximum absolute atomic E-state index is 12.5. The second-order valence-corrected chi connectivity index (χ2v) is 11.0. The molecule has 3 amide bonds. The lowest BCUT2D eigenvalue weighted by atomic mass is 10.0. The van der Waals surface area contributed by atoms with E-state index in [1.54, 1.807) is 12.1 Å². The second kappa shape index (κ2) is 10.0. The molecule has 0 radical (unpaired) electrons. The molecule has 1 saturated heterocycles. The van der Waals surface area contributed by atoms with E-state index in [0.717, 1.165) is 5.56 Å². The minimum absolute atomic E-state index is 0.0540. The Bertz CT molecular complexity index is 885. The first-order valence-corrected chi connectivity index (χ1v) is 12.6. The third-order valence-corrected chi connectivity index (χ3v) is 7.54. The molecule has 1 aromatic rings. The van der Waals surface area contributed by atoms with Crippen LogP contribution in [-0.2, 0) is 14.6 Å². The summed E-state index contributed by atoms with van der Waals surface area (Å²) < 4.78 is 30.9. The highest BCUT2D eigenvalue weighted by Gasteiger charge is 2.26. The van der Waals surface area contributed by atoms with Crippen LogP contribution < -0.4 is 10.1 Å². The third-order valence-electron chi connectivity index (χ3n) is 5.40. The quantitative estimate of drug-likeness (QED) is 0.384. The Morgan fingerprint density at radius 1 is 1.20 bits per heavy atom. The van der Waals surface area contributed by atoms with Crippen LogP contribution in [0.2, 0.25) is 5.02 Å². The monoisotopic (exact) mass is 456 g/mol. The Morgan fingerprint density at radius 2 is 1.97 bits per heavy atom. The Balaban J connectivity index is 1.42. The van der Waals surface area contributed by atoms with Crippen molar-refractivity contribution in [1.82, 2.24) is 10.2 Å². The Morgan fingerprint density at radius 3 is 2.63 bits per heavy atom. The number of rotatable bonds is 12. The summed E-state index contributed by atoms with van der Waals surface area (Å²) in [7, 11) is -3.22. The molecule has 166 valence electrons. The molecular weight excluding hydrogens is 428 g/mol. The minimum Gasteiger partial charge on any atom is -0.493 e. The van der Waals surface area contributed by atoms with Gasteiger partial charge in [0.1, 0.15) is 12.3 Å². The van der Waals surface area contributed by atoms with Crippen molar-refractivity contribution < 1.29 is 22.7 Å². The van der Waals surface area contributed by atoms with E-state index in [1.807, 2.05) is 13.0 Å². The van der Waals surface area contributed by atoms with E-state index in [1.165, 1.54) is 17.7 Å². The van der Waals surface area contributed by atoms with Crippen LogP contribution in [0.15, 0.2) is 18.2 Å². The summed E-state index contributed by atoms with van der Waals surface area (Å²) in [5, 5.41) is 2.78. The number of benzene rings is 1. The predicted octanol–water partition coefficient (Wildman–Crippen LogP) is 3.37. The van der Waals surface area contributed by atoms with Crippen LogP contribution in [0.3, 0.4) is 0 Å². The lowest BCUT2D eigenvalue weighted by Crippen LogP contribution is -2.29. The van der Waals surface area contributed by atoms with Crippen LogP contribution in [-0.4, -0.2) is 56.5 Å². The fourth-order valence-electron chi connectivity index (χ4n) is 3.48. The molecule has 1 aromatic carbocycles. The molecule has 9 heteroatoms. The van der Waals surface area contributed by atoms with Crippen molar-refractivity contribution in [1.29, 1.82) is 0 Å². The average Bonchev–Trinajstić information content (AvgIpc) is 3.43. The molecule has 1 saturated carbocycles. The SMILES string of the molecule is C[C@@H](CS(=O)(=O)CCCCCN1CC(=O)NC1=O)c1cc(Cl)cc(OCC2CC2)c1. The molecule has 0 unspecified atom stereocenters. The summed E-state index contributed by atoms with van der Waals surface area (Å²) >= 11 is 6.20. The second-order valence-electron chi connectivity index (χ2n) is 8.33. The predicted molar refractivity (Wildman–Crippen MR) is 116 cm³/mol. The molecule has 0 aromatic heterocycles. The van der Waals surface area contributed by atoms with Crippen LogP contribution >= 0.6 is 11.6 Å². The summed E-state index contributed by atoms with van der Waals surface area (Å²) in [5.41, 5.74) is 0.863. The fourth-order valence-corrected chi connectivity index (χ4v) is 5.47. The zero-order chi connectivity index (χ0) is 21.7. The molecule has 2 aliphatic rings. The van der Waals surface area contributed by atoms with Crippen molar-refractivity contribution in [3.05, 3.63) is 28.8 Å².